The zero-order valence-corrected chi connectivity index (χ0v) is 9.00. The summed E-state index contributed by atoms with van der Waals surface area (Å²) in [5.74, 6) is -0.0451. The quantitative estimate of drug-likeness (QED) is 0.698. The summed E-state index contributed by atoms with van der Waals surface area (Å²) >= 11 is 0. The van der Waals surface area contributed by atoms with Gasteiger partial charge in [-0.2, -0.15) is 0 Å². The summed E-state index contributed by atoms with van der Waals surface area (Å²) in [4.78, 5) is 11.5. The second kappa shape index (κ2) is 5.61. The summed E-state index contributed by atoms with van der Waals surface area (Å²) in [5, 5.41) is 0. The normalized spacial score (nSPS) is 10.7. The highest BCUT2D eigenvalue weighted by molar-refractivity contribution is 5.96. The Bertz CT molecular complexity index is 317. The van der Waals surface area contributed by atoms with Gasteiger partial charge in [-0.05, 0) is 30.2 Å². The molecule has 0 spiro atoms. The number of carbonyl (C=O) groups excluding carboxylic acids is 1. The monoisotopic (exact) mass is 210 g/mol. The number of ether oxygens (including phenoxy) is 1. The Kier molecular flexibility index (Phi) is 4.43. The van der Waals surface area contributed by atoms with Crippen molar-refractivity contribution in [2.75, 3.05) is 13.2 Å². The molecule has 3 heteroatoms. The topological polar surface area (TPSA) is 26.3 Å². The summed E-state index contributed by atoms with van der Waals surface area (Å²) in [6.45, 7) is 4.65. The molecular formula is C12H15FO2. The van der Waals surface area contributed by atoms with E-state index in [2.05, 4.69) is 0 Å². The molecule has 0 unspecified atom stereocenters. The van der Waals surface area contributed by atoms with Crippen LogP contribution in [-0.2, 0) is 4.74 Å². The maximum Gasteiger partial charge on any atom is 0.188 e. The van der Waals surface area contributed by atoms with Gasteiger partial charge in [-0.1, -0.05) is 13.8 Å². The number of ketones is 1. The van der Waals surface area contributed by atoms with Crippen molar-refractivity contribution in [1.82, 2.24) is 0 Å². The smallest absolute Gasteiger partial charge is 0.188 e. The van der Waals surface area contributed by atoms with Gasteiger partial charge >= 0.3 is 0 Å². The number of carbonyl (C=O) groups is 1. The molecule has 1 aromatic rings. The first-order valence-electron chi connectivity index (χ1n) is 4.96. The molecule has 82 valence electrons. The van der Waals surface area contributed by atoms with E-state index in [0.717, 1.165) is 0 Å². The molecule has 0 atom stereocenters. The van der Waals surface area contributed by atoms with Crippen LogP contribution in [0.1, 0.15) is 24.2 Å². The van der Waals surface area contributed by atoms with E-state index in [1.54, 1.807) is 0 Å². The average Bonchev–Trinajstić information content (AvgIpc) is 2.18. The van der Waals surface area contributed by atoms with Gasteiger partial charge in [0.25, 0.3) is 0 Å². The third-order valence-corrected chi connectivity index (χ3v) is 1.85. The molecule has 0 heterocycles. The van der Waals surface area contributed by atoms with E-state index < -0.39 is 0 Å². The molecule has 0 N–H and O–H groups in total. The molecular weight excluding hydrogens is 195 g/mol. The van der Waals surface area contributed by atoms with Crippen LogP contribution in [0.15, 0.2) is 24.3 Å². The number of Topliss-reactive ketones (excluding diaryl/α,β-unsaturated/α-hetero) is 1. The molecule has 0 aliphatic rings. The highest BCUT2D eigenvalue weighted by atomic mass is 19.1. The molecule has 1 aromatic carbocycles. The number of benzene rings is 1. The lowest BCUT2D eigenvalue weighted by Crippen LogP contribution is -2.12. The van der Waals surface area contributed by atoms with Gasteiger partial charge in [0.1, 0.15) is 12.4 Å². The Hall–Kier alpha value is -1.22. The number of hydrogen-bond donors (Lipinski definition) is 0. The molecule has 0 aromatic heterocycles. The van der Waals surface area contributed by atoms with Crippen LogP contribution in [0.25, 0.3) is 0 Å². The van der Waals surface area contributed by atoms with Gasteiger partial charge < -0.3 is 4.74 Å². The average molecular weight is 210 g/mol. The largest absolute Gasteiger partial charge is 0.373 e. The zero-order chi connectivity index (χ0) is 11.3. The maximum atomic E-state index is 12.6. The highest BCUT2D eigenvalue weighted by Gasteiger charge is 2.06. The molecule has 0 bridgehead atoms. The summed E-state index contributed by atoms with van der Waals surface area (Å²) in [6, 6.07) is 5.48. The predicted molar refractivity (Wildman–Crippen MR) is 56.4 cm³/mol. The van der Waals surface area contributed by atoms with Crippen molar-refractivity contribution in [2.45, 2.75) is 13.8 Å². The molecule has 0 saturated heterocycles. The van der Waals surface area contributed by atoms with Crippen LogP contribution in [0.5, 0.6) is 0 Å². The zero-order valence-electron chi connectivity index (χ0n) is 9.00. The van der Waals surface area contributed by atoms with Crippen molar-refractivity contribution in [3.05, 3.63) is 35.6 Å². The van der Waals surface area contributed by atoms with Crippen LogP contribution < -0.4 is 0 Å². The maximum absolute atomic E-state index is 12.6. The minimum absolute atomic E-state index is 0.0593. The minimum atomic E-state index is -0.338. The van der Waals surface area contributed by atoms with Gasteiger partial charge in [0.15, 0.2) is 5.78 Å². The fraction of sp³-hybridized carbons (Fsp3) is 0.417. The molecule has 0 fully saturated rings. The molecule has 1 rings (SSSR count). The first-order valence-corrected chi connectivity index (χ1v) is 4.96. The second-order valence-electron chi connectivity index (χ2n) is 3.84. The van der Waals surface area contributed by atoms with E-state index in [4.69, 9.17) is 4.74 Å². The number of hydrogen-bond acceptors (Lipinski definition) is 2. The molecule has 0 saturated carbocycles. The Morgan fingerprint density at radius 3 is 2.47 bits per heavy atom. The Balaban J connectivity index is 2.43. The van der Waals surface area contributed by atoms with E-state index in [-0.39, 0.29) is 18.2 Å². The lowest BCUT2D eigenvalue weighted by atomic mass is 10.1. The summed E-state index contributed by atoms with van der Waals surface area (Å²) in [7, 11) is 0. The van der Waals surface area contributed by atoms with Crippen molar-refractivity contribution < 1.29 is 13.9 Å². The van der Waals surface area contributed by atoms with Crippen LogP contribution in [0.3, 0.4) is 0 Å². The van der Waals surface area contributed by atoms with Crippen molar-refractivity contribution in [3.63, 3.8) is 0 Å². The van der Waals surface area contributed by atoms with Gasteiger partial charge in [0, 0.05) is 12.2 Å². The molecule has 0 amide bonds. The first-order chi connectivity index (χ1) is 7.09. The fourth-order valence-corrected chi connectivity index (χ4v) is 1.11. The predicted octanol–water partition coefficient (Wildman–Crippen LogP) is 2.68. The van der Waals surface area contributed by atoms with Crippen LogP contribution in [-0.4, -0.2) is 19.0 Å². The van der Waals surface area contributed by atoms with Gasteiger partial charge in [0.2, 0.25) is 0 Å². The molecule has 0 aliphatic carbocycles. The fourth-order valence-electron chi connectivity index (χ4n) is 1.11. The van der Waals surface area contributed by atoms with Crippen molar-refractivity contribution in [2.24, 2.45) is 5.92 Å². The van der Waals surface area contributed by atoms with Gasteiger partial charge in [-0.15, -0.1) is 0 Å². The lowest BCUT2D eigenvalue weighted by Gasteiger charge is -2.05. The van der Waals surface area contributed by atoms with Crippen LogP contribution in [0, 0.1) is 11.7 Å². The Labute approximate surface area is 89.1 Å². The van der Waals surface area contributed by atoms with E-state index in [1.807, 2.05) is 13.8 Å². The van der Waals surface area contributed by atoms with Crippen LogP contribution in [0.2, 0.25) is 0 Å². The summed E-state index contributed by atoms with van der Waals surface area (Å²) < 4.78 is 17.8. The Morgan fingerprint density at radius 1 is 1.33 bits per heavy atom. The molecule has 0 aliphatic heterocycles. The van der Waals surface area contributed by atoms with E-state index in [9.17, 15) is 9.18 Å². The standard InChI is InChI=1S/C12H15FO2/c1-9(2)7-15-8-12(14)10-3-5-11(13)6-4-10/h3-6,9H,7-8H2,1-2H3. The van der Waals surface area contributed by atoms with Crippen molar-refractivity contribution in [1.29, 1.82) is 0 Å². The second-order valence-corrected chi connectivity index (χ2v) is 3.84. The van der Waals surface area contributed by atoms with Crippen molar-refractivity contribution in [3.8, 4) is 0 Å². The van der Waals surface area contributed by atoms with Gasteiger partial charge in [-0.25, -0.2) is 4.39 Å². The van der Waals surface area contributed by atoms with Crippen LogP contribution in [0.4, 0.5) is 4.39 Å². The number of rotatable bonds is 5. The summed E-state index contributed by atoms with van der Waals surface area (Å²) in [5.41, 5.74) is 0.486. The SMILES string of the molecule is CC(C)COCC(=O)c1ccc(F)cc1. The van der Waals surface area contributed by atoms with Crippen LogP contribution >= 0.6 is 0 Å². The minimum Gasteiger partial charge on any atom is -0.373 e. The van der Waals surface area contributed by atoms with Gasteiger partial charge in [-0.3, -0.25) is 4.79 Å². The first kappa shape index (κ1) is 11.9. The molecule has 15 heavy (non-hydrogen) atoms. The van der Waals surface area contributed by atoms with E-state index >= 15 is 0 Å². The van der Waals surface area contributed by atoms with Gasteiger partial charge in [0.05, 0.1) is 0 Å². The third-order valence-electron chi connectivity index (χ3n) is 1.85. The van der Waals surface area contributed by atoms with E-state index in [0.29, 0.717) is 18.1 Å². The third kappa shape index (κ3) is 4.21. The summed E-state index contributed by atoms with van der Waals surface area (Å²) in [6.07, 6.45) is 0. The molecule has 2 nitrogen and oxygen atoms in total. The highest BCUT2D eigenvalue weighted by Crippen LogP contribution is 2.04. The molecule has 0 radical (unpaired) electrons. The lowest BCUT2D eigenvalue weighted by molar-refractivity contribution is 0.0705. The van der Waals surface area contributed by atoms with Crippen molar-refractivity contribution >= 4 is 5.78 Å². The van der Waals surface area contributed by atoms with E-state index in [1.165, 1.54) is 24.3 Å². The number of halogens is 1. The Morgan fingerprint density at radius 2 is 1.93 bits per heavy atom.